The van der Waals surface area contributed by atoms with Crippen LogP contribution in [0.4, 0.5) is 0 Å². The molecule has 6 nitrogen and oxygen atoms in total. The fraction of sp³-hybridized carbons (Fsp3) is 0.583. The number of nitrogens with two attached hydrogens (primary N) is 1. The van der Waals surface area contributed by atoms with Gasteiger partial charge in [-0.05, 0) is 33.4 Å². The summed E-state index contributed by atoms with van der Waals surface area (Å²) in [6.07, 6.45) is 1.76. The Labute approximate surface area is 130 Å². The fourth-order valence-corrected chi connectivity index (χ4v) is 3.34. The predicted octanol–water partition coefficient (Wildman–Crippen LogP) is 2.32. The van der Waals surface area contributed by atoms with Gasteiger partial charge in [0.1, 0.15) is 0 Å². The molecule has 0 spiro atoms. The predicted molar refractivity (Wildman–Crippen MR) is 81.8 cm³/mol. The van der Waals surface area contributed by atoms with Crippen molar-refractivity contribution in [2.45, 2.75) is 32.4 Å². The molecular weight excluding hydrogens is 342 g/mol. The van der Waals surface area contributed by atoms with E-state index in [0.717, 1.165) is 20.7 Å². The number of ether oxygens (including phenoxy) is 1. The second-order valence-electron chi connectivity index (χ2n) is 4.75. The Morgan fingerprint density at radius 3 is 2.90 bits per heavy atom. The molecule has 2 aromatic rings. The first-order valence-corrected chi connectivity index (χ1v) is 7.90. The van der Waals surface area contributed by atoms with Gasteiger partial charge >= 0.3 is 0 Å². The van der Waals surface area contributed by atoms with Crippen molar-refractivity contribution in [3.63, 3.8) is 0 Å². The molecule has 0 aliphatic carbocycles. The van der Waals surface area contributed by atoms with E-state index in [1.54, 1.807) is 13.3 Å². The quantitative estimate of drug-likeness (QED) is 0.855. The molecule has 0 aliphatic heterocycles. The van der Waals surface area contributed by atoms with Gasteiger partial charge in [0.25, 0.3) is 0 Å². The number of aromatic nitrogens is 4. The van der Waals surface area contributed by atoms with Crippen molar-refractivity contribution in [3.05, 3.63) is 26.9 Å². The van der Waals surface area contributed by atoms with Gasteiger partial charge in [0.05, 0.1) is 46.1 Å². The number of hydrogen-bond donors (Lipinski definition) is 1. The first kappa shape index (κ1) is 15.6. The van der Waals surface area contributed by atoms with Crippen molar-refractivity contribution >= 4 is 27.5 Å². The zero-order valence-corrected chi connectivity index (χ0v) is 14.1. The number of rotatable bonds is 6. The Morgan fingerprint density at radius 2 is 2.25 bits per heavy atom. The summed E-state index contributed by atoms with van der Waals surface area (Å²) in [5.41, 5.74) is 8.29. The molecule has 0 saturated heterocycles. The summed E-state index contributed by atoms with van der Waals surface area (Å²) < 4.78 is 11.9. The van der Waals surface area contributed by atoms with E-state index in [9.17, 15) is 0 Å². The van der Waals surface area contributed by atoms with E-state index in [0.29, 0.717) is 19.1 Å². The van der Waals surface area contributed by atoms with Crippen LogP contribution in [-0.2, 0) is 11.3 Å². The highest BCUT2D eigenvalue weighted by Crippen LogP contribution is 2.32. The molecule has 0 amide bonds. The van der Waals surface area contributed by atoms with Crippen molar-refractivity contribution in [2.75, 3.05) is 13.7 Å². The van der Waals surface area contributed by atoms with Crippen LogP contribution in [0, 0.1) is 0 Å². The topological polar surface area (TPSA) is 78.9 Å². The van der Waals surface area contributed by atoms with Gasteiger partial charge in [-0.2, -0.15) is 5.10 Å². The maximum absolute atomic E-state index is 6.42. The third-order valence-electron chi connectivity index (χ3n) is 3.00. The summed E-state index contributed by atoms with van der Waals surface area (Å²) in [4.78, 5) is 0.986. The summed E-state index contributed by atoms with van der Waals surface area (Å²) in [5.74, 6) is 0.295. The van der Waals surface area contributed by atoms with Gasteiger partial charge < -0.3 is 10.5 Å². The number of methoxy groups -OCH3 is 1. The largest absolute Gasteiger partial charge is 0.383 e. The highest BCUT2D eigenvalue weighted by Gasteiger charge is 2.24. The van der Waals surface area contributed by atoms with E-state index in [1.807, 2.05) is 4.68 Å². The van der Waals surface area contributed by atoms with E-state index >= 15 is 0 Å². The minimum absolute atomic E-state index is 0.291. The van der Waals surface area contributed by atoms with Crippen molar-refractivity contribution in [1.82, 2.24) is 19.4 Å². The first-order chi connectivity index (χ1) is 9.56. The molecule has 0 aliphatic rings. The van der Waals surface area contributed by atoms with E-state index in [2.05, 4.69) is 44.5 Å². The summed E-state index contributed by atoms with van der Waals surface area (Å²) >= 11 is 4.86. The van der Waals surface area contributed by atoms with E-state index < -0.39 is 0 Å². The van der Waals surface area contributed by atoms with Crippen molar-refractivity contribution in [1.29, 1.82) is 0 Å². The summed E-state index contributed by atoms with van der Waals surface area (Å²) in [5, 5.41) is 8.52. The van der Waals surface area contributed by atoms with E-state index in [1.165, 1.54) is 11.5 Å². The molecular formula is C12H18BrN5OS. The third-order valence-corrected chi connectivity index (χ3v) is 4.44. The Hall–Kier alpha value is -0.830. The van der Waals surface area contributed by atoms with Crippen LogP contribution in [0.25, 0.3) is 0 Å². The monoisotopic (exact) mass is 359 g/mol. The van der Waals surface area contributed by atoms with Gasteiger partial charge in [-0.3, -0.25) is 4.68 Å². The Morgan fingerprint density at radius 1 is 1.50 bits per heavy atom. The Bertz CT molecular complexity index is 568. The van der Waals surface area contributed by atoms with Crippen molar-refractivity contribution in [3.8, 4) is 0 Å². The molecule has 0 saturated carbocycles. The zero-order chi connectivity index (χ0) is 14.7. The number of nitrogens with zero attached hydrogens (tertiary/aromatic N) is 4. The zero-order valence-electron chi connectivity index (χ0n) is 11.7. The third kappa shape index (κ3) is 3.08. The second-order valence-corrected chi connectivity index (χ2v) is 6.39. The second kappa shape index (κ2) is 6.75. The lowest BCUT2D eigenvalue weighted by Crippen LogP contribution is -2.20. The highest BCUT2D eigenvalue weighted by atomic mass is 79.9. The highest BCUT2D eigenvalue weighted by molar-refractivity contribution is 9.10. The average Bonchev–Trinajstić information content (AvgIpc) is 3.02. The lowest BCUT2D eigenvalue weighted by Gasteiger charge is -2.15. The SMILES string of the molecule is COCCn1ncc(Br)c1C(N)c1snnc1C(C)C. The van der Waals surface area contributed by atoms with Gasteiger partial charge in [0.2, 0.25) is 0 Å². The van der Waals surface area contributed by atoms with Crippen LogP contribution in [0.1, 0.15) is 42.1 Å². The van der Waals surface area contributed by atoms with Gasteiger partial charge in [-0.25, -0.2) is 0 Å². The Balaban J connectivity index is 2.35. The smallest absolute Gasteiger partial charge is 0.0863 e. The molecule has 2 aromatic heterocycles. The van der Waals surface area contributed by atoms with Crippen LogP contribution in [0.3, 0.4) is 0 Å². The molecule has 0 bridgehead atoms. The van der Waals surface area contributed by atoms with Gasteiger partial charge in [-0.15, -0.1) is 5.10 Å². The Kier molecular flexibility index (Phi) is 5.25. The molecule has 1 atom stereocenters. The molecule has 20 heavy (non-hydrogen) atoms. The summed E-state index contributed by atoms with van der Waals surface area (Å²) in [6, 6.07) is -0.291. The van der Waals surface area contributed by atoms with Crippen LogP contribution in [-0.4, -0.2) is 33.1 Å². The van der Waals surface area contributed by atoms with E-state index in [4.69, 9.17) is 10.5 Å². The minimum Gasteiger partial charge on any atom is -0.383 e. The average molecular weight is 360 g/mol. The molecule has 2 rings (SSSR count). The van der Waals surface area contributed by atoms with Crippen LogP contribution in [0.2, 0.25) is 0 Å². The molecule has 8 heteroatoms. The first-order valence-electron chi connectivity index (χ1n) is 6.34. The van der Waals surface area contributed by atoms with Crippen LogP contribution < -0.4 is 5.73 Å². The van der Waals surface area contributed by atoms with Crippen LogP contribution in [0.15, 0.2) is 10.7 Å². The normalized spacial score (nSPS) is 13.1. The molecule has 0 radical (unpaired) electrons. The molecule has 2 N–H and O–H groups in total. The minimum atomic E-state index is -0.291. The van der Waals surface area contributed by atoms with Crippen molar-refractivity contribution in [2.24, 2.45) is 5.73 Å². The number of halogens is 1. The van der Waals surface area contributed by atoms with Crippen LogP contribution >= 0.6 is 27.5 Å². The van der Waals surface area contributed by atoms with Gasteiger partial charge in [-0.1, -0.05) is 18.3 Å². The molecule has 0 fully saturated rings. The summed E-state index contributed by atoms with van der Waals surface area (Å²) in [6.45, 7) is 5.43. The molecule has 1 unspecified atom stereocenters. The molecule has 2 heterocycles. The lowest BCUT2D eigenvalue weighted by atomic mass is 10.0. The summed E-state index contributed by atoms with van der Waals surface area (Å²) in [7, 11) is 1.67. The number of hydrogen-bond acceptors (Lipinski definition) is 6. The molecule has 0 aromatic carbocycles. The fourth-order valence-electron chi connectivity index (χ4n) is 1.98. The van der Waals surface area contributed by atoms with E-state index in [-0.39, 0.29) is 6.04 Å². The maximum Gasteiger partial charge on any atom is 0.0863 e. The molecule has 110 valence electrons. The maximum atomic E-state index is 6.42. The van der Waals surface area contributed by atoms with Gasteiger partial charge in [0.15, 0.2) is 0 Å². The van der Waals surface area contributed by atoms with Gasteiger partial charge in [0, 0.05) is 7.11 Å². The van der Waals surface area contributed by atoms with Crippen molar-refractivity contribution < 1.29 is 4.74 Å². The lowest BCUT2D eigenvalue weighted by molar-refractivity contribution is 0.182. The van der Waals surface area contributed by atoms with Crippen LogP contribution in [0.5, 0.6) is 0 Å². The standard InChI is InChI=1S/C12H18BrN5OS/c1-7(2)10-12(20-17-16-10)9(14)11-8(13)6-15-18(11)4-5-19-3/h6-7,9H,4-5,14H2,1-3H3.